The van der Waals surface area contributed by atoms with Crippen LogP contribution in [0.5, 0.6) is 0 Å². The van der Waals surface area contributed by atoms with Gasteiger partial charge in [0.25, 0.3) is 0 Å². The van der Waals surface area contributed by atoms with Gasteiger partial charge in [-0.25, -0.2) is 0 Å². The van der Waals surface area contributed by atoms with Crippen LogP contribution >= 0.6 is 63.7 Å². The van der Waals surface area contributed by atoms with Crippen LogP contribution in [0.2, 0.25) is 0 Å². The first-order valence-corrected chi connectivity index (χ1v) is 7.79. The molecule has 3 atom stereocenters. The van der Waals surface area contributed by atoms with Crippen LogP contribution in [0.4, 0.5) is 0 Å². The van der Waals surface area contributed by atoms with E-state index < -0.39 is 0 Å². The summed E-state index contributed by atoms with van der Waals surface area (Å²) in [5, 5.41) is 0. The normalized spacial score (nSPS) is 30.5. The molecule has 1 aromatic carbocycles. The van der Waals surface area contributed by atoms with Gasteiger partial charge >= 0.3 is 0 Å². The minimum Gasteiger partial charge on any atom is -0.0859 e. The Bertz CT molecular complexity index is 340. The van der Waals surface area contributed by atoms with Gasteiger partial charge in [-0.2, -0.15) is 0 Å². The Labute approximate surface area is 117 Å². The fourth-order valence-corrected chi connectivity index (χ4v) is 5.38. The summed E-state index contributed by atoms with van der Waals surface area (Å²) < 4.78 is 1.19. The summed E-state index contributed by atoms with van der Waals surface area (Å²) in [7, 11) is 0. The molecule has 0 saturated heterocycles. The molecule has 0 aromatic heterocycles. The molecule has 0 nitrogen and oxygen atoms in total. The summed E-state index contributed by atoms with van der Waals surface area (Å²) in [4.78, 5) is 1.17. The van der Waals surface area contributed by atoms with E-state index in [1.54, 1.807) is 0 Å². The maximum absolute atomic E-state index is 3.73. The van der Waals surface area contributed by atoms with Crippen molar-refractivity contribution in [2.75, 3.05) is 0 Å². The third kappa shape index (κ3) is 1.66. The molecule has 0 heterocycles. The lowest BCUT2D eigenvalue weighted by atomic mass is 10.1. The van der Waals surface area contributed by atoms with Gasteiger partial charge in [0.15, 0.2) is 0 Å². The molecule has 0 amide bonds. The van der Waals surface area contributed by atoms with Gasteiger partial charge in [-0.1, -0.05) is 69.8 Å². The highest BCUT2D eigenvalue weighted by Crippen LogP contribution is 2.54. The molecular weight excluding hydrogens is 440 g/mol. The Morgan fingerprint density at radius 2 is 1.57 bits per heavy atom. The molecule has 2 rings (SSSR count). The summed E-state index contributed by atoms with van der Waals surface area (Å²) in [5.74, 6) is 0. The molecule has 1 aliphatic rings. The number of hydrogen-bond acceptors (Lipinski definition) is 0. The van der Waals surface area contributed by atoms with Crippen LogP contribution in [0, 0.1) is 6.92 Å². The lowest BCUT2D eigenvalue weighted by molar-refractivity contribution is 0.933. The topological polar surface area (TPSA) is 0 Å². The second kappa shape index (κ2) is 4.19. The summed E-state index contributed by atoms with van der Waals surface area (Å²) >= 11 is 14.8. The SMILES string of the molecule is Cc1ccc(Br)c2c1C(Br)C(Br)C2Br. The Morgan fingerprint density at radius 3 is 2.14 bits per heavy atom. The third-order valence-corrected chi connectivity index (χ3v) is 7.79. The molecule has 0 radical (unpaired) electrons. The summed E-state index contributed by atoms with van der Waals surface area (Å²) in [6.45, 7) is 2.16. The predicted molar refractivity (Wildman–Crippen MR) is 74.9 cm³/mol. The number of aryl methyl sites for hydroxylation is 1. The van der Waals surface area contributed by atoms with Crippen LogP contribution in [0.3, 0.4) is 0 Å². The number of halogens is 4. The smallest absolute Gasteiger partial charge is 0.0548 e. The van der Waals surface area contributed by atoms with Crippen LogP contribution in [-0.4, -0.2) is 4.83 Å². The molecule has 0 N–H and O–H groups in total. The van der Waals surface area contributed by atoms with Crippen LogP contribution in [0.25, 0.3) is 0 Å². The molecule has 0 spiro atoms. The molecule has 0 aliphatic heterocycles. The van der Waals surface area contributed by atoms with Gasteiger partial charge < -0.3 is 0 Å². The molecule has 14 heavy (non-hydrogen) atoms. The molecule has 0 saturated carbocycles. The van der Waals surface area contributed by atoms with Crippen molar-refractivity contribution in [3.05, 3.63) is 33.3 Å². The first-order chi connectivity index (χ1) is 6.54. The Kier molecular flexibility index (Phi) is 3.48. The molecule has 1 aliphatic carbocycles. The number of hydrogen-bond donors (Lipinski definition) is 0. The van der Waals surface area contributed by atoms with Gasteiger partial charge in [0, 0.05) is 9.30 Å². The molecular formula is C10H8Br4. The van der Waals surface area contributed by atoms with Crippen molar-refractivity contribution in [2.45, 2.75) is 21.4 Å². The zero-order valence-electron chi connectivity index (χ0n) is 7.40. The van der Waals surface area contributed by atoms with Crippen LogP contribution in [-0.2, 0) is 0 Å². The summed E-state index contributed by atoms with van der Waals surface area (Å²) in [5.41, 5.74) is 4.12. The Hall–Kier alpha value is 1.14. The molecule has 3 unspecified atom stereocenters. The van der Waals surface area contributed by atoms with Gasteiger partial charge in [0.05, 0.1) is 9.65 Å². The Balaban J connectivity index is 2.67. The quantitative estimate of drug-likeness (QED) is 0.467. The van der Waals surface area contributed by atoms with Crippen molar-refractivity contribution in [1.29, 1.82) is 0 Å². The largest absolute Gasteiger partial charge is 0.0859 e. The average Bonchev–Trinajstić information content (AvgIpc) is 2.38. The van der Waals surface area contributed by atoms with Crippen molar-refractivity contribution >= 4 is 63.7 Å². The van der Waals surface area contributed by atoms with Crippen LogP contribution < -0.4 is 0 Å². The fourth-order valence-electron chi connectivity index (χ4n) is 1.83. The lowest BCUT2D eigenvalue weighted by Gasteiger charge is -2.09. The average molecular weight is 448 g/mol. The van der Waals surface area contributed by atoms with E-state index in [0.29, 0.717) is 14.5 Å². The van der Waals surface area contributed by atoms with E-state index in [0.717, 1.165) is 0 Å². The molecule has 76 valence electrons. The van der Waals surface area contributed by atoms with E-state index in [-0.39, 0.29) is 0 Å². The van der Waals surface area contributed by atoms with Crippen LogP contribution in [0.15, 0.2) is 16.6 Å². The van der Waals surface area contributed by atoms with E-state index in [1.165, 1.54) is 21.2 Å². The van der Waals surface area contributed by atoms with Crippen LogP contribution in [0.1, 0.15) is 26.3 Å². The third-order valence-electron chi connectivity index (χ3n) is 2.56. The Morgan fingerprint density at radius 1 is 1.00 bits per heavy atom. The van der Waals surface area contributed by atoms with Crippen molar-refractivity contribution in [2.24, 2.45) is 0 Å². The highest BCUT2D eigenvalue weighted by molar-refractivity contribution is 9.13. The van der Waals surface area contributed by atoms with Gasteiger partial charge in [-0.3, -0.25) is 0 Å². The first-order valence-electron chi connectivity index (χ1n) is 4.25. The lowest BCUT2D eigenvalue weighted by Crippen LogP contribution is -2.01. The second-order valence-corrected chi connectivity index (χ2v) is 7.32. The van der Waals surface area contributed by atoms with Gasteiger partial charge in [-0.05, 0) is 29.7 Å². The standard InChI is InChI=1S/C10H8Br4/c1-4-2-3-5(11)7-6(4)8(12)10(14)9(7)13/h2-3,8-10H,1H3. The maximum atomic E-state index is 3.73. The van der Waals surface area contributed by atoms with Crippen molar-refractivity contribution in [3.63, 3.8) is 0 Å². The summed E-state index contributed by atoms with van der Waals surface area (Å²) in [6, 6.07) is 4.27. The van der Waals surface area contributed by atoms with E-state index in [9.17, 15) is 0 Å². The van der Waals surface area contributed by atoms with Crippen molar-refractivity contribution in [1.82, 2.24) is 0 Å². The molecule has 4 heteroatoms. The van der Waals surface area contributed by atoms with E-state index >= 15 is 0 Å². The summed E-state index contributed by atoms with van der Waals surface area (Å²) in [6.07, 6.45) is 0. The van der Waals surface area contributed by atoms with Gasteiger partial charge in [0.2, 0.25) is 0 Å². The van der Waals surface area contributed by atoms with Crippen molar-refractivity contribution in [3.8, 4) is 0 Å². The molecule has 0 fully saturated rings. The fraction of sp³-hybridized carbons (Fsp3) is 0.400. The number of alkyl halides is 3. The van der Waals surface area contributed by atoms with E-state index in [4.69, 9.17) is 0 Å². The van der Waals surface area contributed by atoms with E-state index in [1.807, 2.05) is 0 Å². The maximum Gasteiger partial charge on any atom is 0.0548 e. The van der Waals surface area contributed by atoms with Gasteiger partial charge in [0.1, 0.15) is 0 Å². The zero-order chi connectivity index (χ0) is 10.5. The minimum atomic E-state index is 0.371. The number of fused-ring (bicyclic) bond motifs is 1. The van der Waals surface area contributed by atoms with Gasteiger partial charge in [-0.15, -0.1) is 0 Å². The monoisotopic (exact) mass is 444 g/mol. The highest BCUT2D eigenvalue weighted by atomic mass is 79.9. The number of rotatable bonds is 0. The number of benzene rings is 1. The second-order valence-electron chi connectivity index (χ2n) is 3.44. The van der Waals surface area contributed by atoms with E-state index in [2.05, 4.69) is 82.8 Å². The predicted octanol–water partition coefficient (Wildman–Crippen LogP) is 5.41. The minimum absolute atomic E-state index is 0.371. The highest BCUT2D eigenvalue weighted by Gasteiger charge is 2.38. The first kappa shape index (κ1) is 11.6. The van der Waals surface area contributed by atoms with Crippen molar-refractivity contribution < 1.29 is 0 Å². The zero-order valence-corrected chi connectivity index (χ0v) is 13.7. The molecule has 0 bridgehead atoms. The molecule has 1 aromatic rings.